The highest BCUT2D eigenvalue weighted by molar-refractivity contribution is 7.92. The molecule has 0 unspecified atom stereocenters. The van der Waals surface area contributed by atoms with Crippen LogP contribution in [0.25, 0.3) is 0 Å². The van der Waals surface area contributed by atoms with Crippen LogP contribution < -0.4 is 4.31 Å². The number of nitrogens with zero attached hydrogens (tertiary/aromatic N) is 4. The van der Waals surface area contributed by atoms with E-state index in [1.165, 1.54) is 37.8 Å². The van der Waals surface area contributed by atoms with Crippen LogP contribution >= 0.6 is 0 Å². The summed E-state index contributed by atoms with van der Waals surface area (Å²) in [5, 5.41) is 8.93. The first-order valence-corrected chi connectivity index (χ1v) is 6.75. The summed E-state index contributed by atoms with van der Waals surface area (Å²) in [6.07, 6.45) is 4.37. The molecule has 2 heterocycles. The molecule has 0 N–H and O–H groups in total. The third kappa shape index (κ3) is 2.39. The van der Waals surface area contributed by atoms with Crippen LogP contribution in [0.4, 0.5) is 5.69 Å². The SMILES string of the molecule is CN(c1ccncc1)S(=O)(=O)c1cccnc1C#N. The van der Waals surface area contributed by atoms with Gasteiger partial charge in [0.15, 0.2) is 5.69 Å². The highest BCUT2D eigenvalue weighted by Gasteiger charge is 2.24. The van der Waals surface area contributed by atoms with Gasteiger partial charge in [-0.3, -0.25) is 9.29 Å². The van der Waals surface area contributed by atoms with Crippen LogP contribution in [0.3, 0.4) is 0 Å². The minimum Gasteiger partial charge on any atom is -0.269 e. The quantitative estimate of drug-likeness (QED) is 0.838. The van der Waals surface area contributed by atoms with Crippen molar-refractivity contribution < 1.29 is 8.42 Å². The minimum atomic E-state index is -3.81. The average molecular weight is 274 g/mol. The van der Waals surface area contributed by atoms with E-state index in [-0.39, 0.29) is 10.6 Å². The van der Waals surface area contributed by atoms with Gasteiger partial charge in [0.2, 0.25) is 0 Å². The fraction of sp³-hybridized carbons (Fsp3) is 0.0833. The molecule has 0 aliphatic rings. The smallest absolute Gasteiger partial charge is 0.266 e. The van der Waals surface area contributed by atoms with E-state index in [2.05, 4.69) is 9.97 Å². The number of aromatic nitrogens is 2. The number of rotatable bonds is 3. The van der Waals surface area contributed by atoms with Gasteiger partial charge in [0.05, 0.1) is 5.69 Å². The summed E-state index contributed by atoms with van der Waals surface area (Å²) >= 11 is 0. The molecule has 2 aromatic rings. The van der Waals surface area contributed by atoms with Gasteiger partial charge in [0, 0.05) is 25.6 Å². The van der Waals surface area contributed by atoms with Crippen molar-refractivity contribution in [2.24, 2.45) is 0 Å². The number of hydrogen-bond acceptors (Lipinski definition) is 5. The molecule has 0 aliphatic carbocycles. The Morgan fingerprint density at radius 3 is 2.53 bits per heavy atom. The molecule has 0 aromatic carbocycles. The zero-order valence-corrected chi connectivity index (χ0v) is 10.9. The molecule has 7 heteroatoms. The van der Waals surface area contributed by atoms with Gasteiger partial charge in [-0.05, 0) is 24.3 Å². The third-order valence-corrected chi connectivity index (χ3v) is 4.36. The predicted molar refractivity (Wildman–Crippen MR) is 68.8 cm³/mol. The fourth-order valence-corrected chi connectivity index (χ4v) is 2.81. The van der Waals surface area contributed by atoms with Crippen LogP contribution in [0, 0.1) is 11.3 Å². The fourth-order valence-electron chi connectivity index (χ4n) is 1.52. The Bertz CT molecular complexity index is 723. The van der Waals surface area contributed by atoms with Crippen molar-refractivity contribution in [3.8, 4) is 6.07 Å². The largest absolute Gasteiger partial charge is 0.269 e. The predicted octanol–water partition coefficient (Wildman–Crippen LogP) is 1.17. The maximum absolute atomic E-state index is 12.4. The molecule has 2 aromatic heterocycles. The molecule has 0 amide bonds. The second-order valence-electron chi connectivity index (χ2n) is 3.64. The molecule has 2 rings (SSSR count). The first-order valence-electron chi connectivity index (χ1n) is 5.31. The molecular formula is C12H10N4O2S. The second kappa shape index (κ2) is 5.04. The van der Waals surface area contributed by atoms with E-state index in [0.29, 0.717) is 5.69 Å². The summed E-state index contributed by atoms with van der Waals surface area (Å²) in [6.45, 7) is 0. The van der Waals surface area contributed by atoms with Crippen LogP contribution in [0.5, 0.6) is 0 Å². The Labute approximate surface area is 111 Å². The lowest BCUT2D eigenvalue weighted by Crippen LogP contribution is -2.27. The van der Waals surface area contributed by atoms with Crippen molar-refractivity contribution in [3.05, 3.63) is 48.5 Å². The van der Waals surface area contributed by atoms with Crippen LogP contribution in [0.15, 0.2) is 47.8 Å². The van der Waals surface area contributed by atoms with Gasteiger partial charge in [-0.2, -0.15) is 5.26 Å². The van der Waals surface area contributed by atoms with E-state index in [4.69, 9.17) is 5.26 Å². The van der Waals surface area contributed by atoms with Gasteiger partial charge >= 0.3 is 0 Å². The molecule has 6 nitrogen and oxygen atoms in total. The maximum Gasteiger partial charge on any atom is 0.266 e. The summed E-state index contributed by atoms with van der Waals surface area (Å²) < 4.78 is 25.9. The van der Waals surface area contributed by atoms with Crippen LogP contribution in [0.1, 0.15) is 5.69 Å². The standard InChI is InChI=1S/C12H10N4O2S/c1-16(10-4-7-14-8-5-10)19(17,18)12-3-2-6-15-11(12)9-13/h2-8H,1H3. The van der Waals surface area contributed by atoms with Gasteiger partial charge in [-0.1, -0.05) is 0 Å². The molecule has 96 valence electrons. The summed E-state index contributed by atoms with van der Waals surface area (Å²) in [7, 11) is -2.40. The highest BCUT2D eigenvalue weighted by atomic mass is 32.2. The number of sulfonamides is 1. The molecular weight excluding hydrogens is 264 g/mol. The number of hydrogen-bond donors (Lipinski definition) is 0. The average Bonchev–Trinajstić information content (AvgIpc) is 2.47. The lowest BCUT2D eigenvalue weighted by Gasteiger charge is -2.19. The highest BCUT2D eigenvalue weighted by Crippen LogP contribution is 2.22. The summed E-state index contributed by atoms with van der Waals surface area (Å²) in [4.78, 5) is 7.48. The van der Waals surface area contributed by atoms with Crippen LogP contribution in [-0.4, -0.2) is 25.4 Å². The van der Waals surface area contributed by atoms with E-state index in [1.807, 2.05) is 0 Å². The molecule has 0 spiro atoms. The third-order valence-electron chi connectivity index (χ3n) is 2.54. The van der Waals surface area contributed by atoms with Gasteiger partial charge in [0.25, 0.3) is 10.0 Å². The van der Waals surface area contributed by atoms with Crippen molar-refractivity contribution in [1.29, 1.82) is 5.26 Å². The maximum atomic E-state index is 12.4. The van der Waals surface area contributed by atoms with E-state index >= 15 is 0 Å². The molecule has 0 aliphatic heterocycles. The Balaban J connectivity index is 2.52. The topological polar surface area (TPSA) is 87.0 Å². The molecule has 0 fully saturated rings. The first kappa shape index (κ1) is 13.0. The normalized spacial score (nSPS) is 10.7. The van der Waals surface area contributed by atoms with E-state index < -0.39 is 10.0 Å². The van der Waals surface area contributed by atoms with E-state index in [0.717, 1.165) is 4.31 Å². The number of anilines is 1. The Morgan fingerprint density at radius 2 is 1.89 bits per heavy atom. The number of nitriles is 1. The zero-order chi connectivity index (χ0) is 13.9. The van der Waals surface area contributed by atoms with E-state index in [9.17, 15) is 8.42 Å². The van der Waals surface area contributed by atoms with Gasteiger partial charge in [-0.25, -0.2) is 13.4 Å². The molecule has 0 saturated heterocycles. The van der Waals surface area contributed by atoms with Gasteiger partial charge in [-0.15, -0.1) is 0 Å². The zero-order valence-electron chi connectivity index (χ0n) is 10.1. The lowest BCUT2D eigenvalue weighted by molar-refractivity contribution is 0.593. The second-order valence-corrected chi connectivity index (χ2v) is 5.58. The summed E-state index contributed by atoms with van der Waals surface area (Å²) in [5.74, 6) is 0. The van der Waals surface area contributed by atoms with Gasteiger partial charge < -0.3 is 0 Å². The van der Waals surface area contributed by atoms with Crippen LogP contribution in [-0.2, 0) is 10.0 Å². The molecule has 0 saturated carbocycles. The Kier molecular flexibility index (Phi) is 3.44. The Hall–Kier alpha value is -2.46. The molecule has 0 radical (unpaired) electrons. The monoisotopic (exact) mass is 274 g/mol. The van der Waals surface area contributed by atoms with Crippen molar-refractivity contribution in [1.82, 2.24) is 9.97 Å². The molecule has 19 heavy (non-hydrogen) atoms. The molecule has 0 atom stereocenters. The number of pyridine rings is 2. The summed E-state index contributed by atoms with van der Waals surface area (Å²) in [5.41, 5.74) is 0.339. The first-order chi connectivity index (χ1) is 9.07. The van der Waals surface area contributed by atoms with Crippen LogP contribution in [0.2, 0.25) is 0 Å². The van der Waals surface area contributed by atoms with Crippen molar-refractivity contribution in [3.63, 3.8) is 0 Å². The molecule has 0 bridgehead atoms. The van der Waals surface area contributed by atoms with E-state index in [1.54, 1.807) is 18.2 Å². The minimum absolute atomic E-state index is 0.114. The summed E-state index contributed by atoms with van der Waals surface area (Å²) in [6, 6.07) is 7.76. The van der Waals surface area contributed by atoms with Gasteiger partial charge in [0.1, 0.15) is 11.0 Å². The Morgan fingerprint density at radius 1 is 1.21 bits per heavy atom. The van der Waals surface area contributed by atoms with Crippen molar-refractivity contribution in [2.75, 3.05) is 11.4 Å². The lowest BCUT2D eigenvalue weighted by atomic mass is 10.4. The van der Waals surface area contributed by atoms with Crippen molar-refractivity contribution >= 4 is 15.7 Å². The van der Waals surface area contributed by atoms with Crippen molar-refractivity contribution in [2.45, 2.75) is 4.90 Å².